The average molecular weight is 375 g/mol. The molecule has 4 aromatic rings. The van der Waals surface area contributed by atoms with Crippen LogP contribution in [0.3, 0.4) is 0 Å². The van der Waals surface area contributed by atoms with Crippen molar-refractivity contribution in [3.8, 4) is 0 Å². The molecule has 0 aliphatic carbocycles. The van der Waals surface area contributed by atoms with E-state index >= 15 is 0 Å². The summed E-state index contributed by atoms with van der Waals surface area (Å²) in [4.78, 5) is 29.0. The highest BCUT2D eigenvalue weighted by Gasteiger charge is 2.12. The Labute approximate surface area is 160 Å². The van der Waals surface area contributed by atoms with Gasteiger partial charge in [0.25, 0.3) is 11.8 Å². The van der Waals surface area contributed by atoms with E-state index in [1.54, 1.807) is 6.07 Å². The van der Waals surface area contributed by atoms with Gasteiger partial charge in [-0.2, -0.15) is 0 Å². The van der Waals surface area contributed by atoms with Gasteiger partial charge in [-0.1, -0.05) is 48.5 Å². The van der Waals surface area contributed by atoms with E-state index in [-0.39, 0.29) is 11.8 Å². The molecule has 0 fully saturated rings. The number of hydrogen-bond donors (Lipinski definition) is 2. The molecule has 0 aliphatic rings. The largest absolute Gasteiger partial charge is 0.350 e. The van der Waals surface area contributed by atoms with Gasteiger partial charge in [0, 0.05) is 18.7 Å². The van der Waals surface area contributed by atoms with Gasteiger partial charge < -0.3 is 10.6 Å². The lowest BCUT2D eigenvalue weighted by atomic mass is 10.0. The van der Waals surface area contributed by atoms with E-state index in [1.807, 2.05) is 60.7 Å². The van der Waals surface area contributed by atoms with Gasteiger partial charge in [-0.3, -0.25) is 9.59 Å². The lowest BCUT2D eigenvalue weighted by Crippen LogP contribution is -2.34. The lowest BCUT2D eigenvalue weighted by molar-refractivity contribution is 0.0928. The van der Waals surface area contributed by atoms with E-state index in [0.29, 0.717) is 23.7 Å². The third kappa shape index (κ3) is 3.66. The predicted octanol–water partition coefficient (Wildman–Crippen LogP) is 3.61. The topological polar surface area (TPSA) is 71.1 Å². The number of para-hydroxylation sites is 1. The zero-order valence-corrected chi connectivity index (χ0v) is 15.3. The van der Waals surface area contributed by atoms with Crippen LogP contribution in [0.5, 0.6) is 0 Å². The number of fused-ring (bicyclic) bond motifs is 2. The Kier molecular flexibility index (Phi) is 4.80. The van der Waals surface area contributed by atoms with E-state index in [9.17, 15) is 9.59 Å². The Hall–Kier alpha value is -3.25. The highest BCUT2D eigenvalue weighted by atomic mass is 32.1. The minimum Gasteiger partial charge on any atom is -0.350 e. The van der Waals surface area contributed by atoms with Crippen LogP contribution in [0.1, 0.15) is 20.2 Å². The molecule has 3 aromatic carbocycles. The second kappa shape index (κ2) is 7.55. The minimum atomic E-state index is -0.226. The lowest BCUT2D eigenvalue weighted by Gasteiger charge is -2.08. The number of rotatable bonds is 5. The molecule has 27 heavy (non-hydrogen) atoms. The summed E-state index contributed by atoms with van der Waals surface area (Å²) in [6.45, 7) is 0.684. The molecule has 0 unspecified atom stereocenters. The monoisotopic (exact) mass is 375 g/mol. The van der Waals surface area contributed by atoms with Gasteiger partial charge in [0.15, 0.2) is 5.01 Å². The van der Waals surface area contributed by atoms with E-state index in [2.05, 4.69) is 15.6 Å². The van der Waals surface area contributed by atoms with Gasteiger partial charge in [-0.25, -0.2) is 4.98 Å². The number of amides is 2. The summed E-state index contributed by atoms with van der Waals surface area (Å²) in [6, 6.07) is 21.1. The first-order valence-corrected chi connectivity index (χ1v) is 9.44. The molecule has 0 saturated carbocycles. The van der Waals surface area contributed by atoms with Crippen molar-refractivity contribution < 1.29 is 9.59 Å². The Morgan fingerprint density at radius 2 is 1.52 bits per heavy atom. The molecule has 0 aliphatic heterocycles. The van der Waals surface area contributed by atoms with Crippen molar-refractivity contribution in [1.29, 1.82) is 0 Å². The van der Waals surface area contributed by atoms with Crippen LogP contribution >= 0.6 is 11.3 Å². The molecule has 0 atom stereocenters. The zero-order valence-electron chi connectivity index (χ0n) is 14.4. The van der Waals surface area contributed by atoms with Crippen molar-refractivity contribution in [2.45, 2.75) is 0 Å². The maximum Gasteiger partial charge on any atom is 0.280 e. The van der Waals surface area contributed by atoms with Crippen LogP contribution in [0.4, 0.5) is 0 Å². The van der Waals surface area contributed by atoms with Crippen molar-refractivity contribution in [2.24, 2.45) is 0 Å². The molecule has 0 bridgehead atoms. The smallest absolute Gasteiger partial charge is 0.280 e. The first-order valence-electron chi connectivity index (χ1n) is 8.62. The second-order valence-electron chi connectivity index (χ2n) is 6.03. The number of nitrogens with zero attached hydrogens (tertiary/aromatic N) is 1. The molecule has 0 saturated heterocycles. The van der Waals surface area contributed by atoms with Crippen molar-refractivity contribution in [3.05, 3.63) is 77.3 Å². The first kappa shape index (κ1) is 17.2. The Balaban J connectivity index is 1.34. The number of nitrogens with one attached hydrogen (secondary N) is 2. The van der Waals surface area contributed by atoms with Crippen LogP contribution in [-0.2, 0) is 0 Å². The number of thiazole rings is 1. The second-order valence-corrected chi connectivity index (χ2v) is 7.06. The van der Waals surface area contributed by atoms with Gasteiger partial charge in [-0.05, 0) is 29.0 Å². The Bertz CT molecular complexity index is 1100. The maximum absolute atomic E-state index is 12.5. The van der Waals surface area contributed by atoms with Gasteiger partial charge in [-0.15, -0.1) is 11.3 Å². The number of aromatic nitrogens is 1. The number of carbonyl (C=O) groups is 2. The molecule has 0 radical (unpaired) electrons. The van der Waals surface area contributed by atoms with Crippen molar-refractivity contribution in [1.82, 2.24) is 15.6 Å². The summed E-state index contributed by atoms with van der Waals surface area (Å²) in [5.41, 5.74) is 1.45. The van der Waals surface area contributed by atoms with Crippen LogP contribution in [-0.4, -0.2) is 29.9 Å². The molecular formula is C21H17N3O2S. The van der Waals surface area contributed by atoms with Crippen LogP contribution in [0.25, 0.3) is 21.0 Å². The summed E-state index contributed by atoms with van der Waals surface area (Å²) in [5, 5.41) is 8.01. The van der Waals surface area contributed by atoms with Gasteiger partial charge in [0.2, 0.25) is 0 Å². The van der Waals surface area contributed by atoms with Crippen molar-refractivity contribution >= 4 is 44.1 Å². The van der Waals surface area contributed by atoms with Gasteiger partial charge in [0.1, 0.15) is 0 Å². The number of hydrogen-bond acceptors (Lipinski definition) is 4. The number of benzene rings is 3. The van der Waals surface area contributed by atoms with Gasteiger partial charge >= 0.3 is 0 Å². The fourth-order valence-corrected chi connectivity index (χ4v) is 3.80. The molecule has 134 valence electrons. The Morgan fingerprint density at radius 3 is 2.37 bits per heavy atom. The summed E-state index contributed by atoms with van der Waals surface area (Å²) in [5.74, 6) is -0.378. The van der Waals surface area contributed by atoms with E-state index in [0.717, 1.165) is 21.0 Å². The molecule has 5 nitrogen and oxygen atoms in total. The van der Waals surface area contributed by atoms with Crippen LogP contribution < -0.4 is 10.6 Å². The normalized spacial score (nSPS) is 10.8. The minimum absolute atomic E-state index is 0.152. The predicted molar refractivity (Wildman–Crippen MR) is 108 cm³/mol. The third-order valence-corrected chi connectivity index (χ3v) is 5.25. The number of carbonyl (C=O) groups excluding carboxylic acids is 2. The Morgan fingerprint density at radius 1 is 0.815 bits per heavy atom. The maximum atomic E-state index is 12.5. The molecule has 1 aromatic heterocycles. The molecule has 2 N–H and O–H groups in total. The SMILES string of the molecule is O=C(NCCNC(=O)c1cccc2ccccc12)c1nc2ccccc2s1. The molecule has 1 heterocycles. The molecule has 6 heteroatoms. The summed E-state index contributed by atoms with van der Waals surface area (Å²) >= 11 is 1.36. The third-order valence-electron chi connectivity index (χ3n) is 4.22. The summed E-state index contributed by atoms with van der Waals surface area (Å²) < 4.78 is 0.979. The molecule has 2 amide bonds. The first-order chi connectivity index (χ1) is 13.2. The molecule has 4 rings (SSSR count). The van der Waals surface area contributed by atoms with Crippen molar-refractivity contribution in [3.63, 3.8) is 0 Å². The van der Waals surface area contributed by atoms with Crippen LogP contribution in [0, 0.1) is 0 Å². The quantitative estimate of drug-likeness (QED) is 0.524. The highest BCUT2D eigenvalue weighted by Crippen LogP contribution is 2.21. The van der Waals surface area contributed by atoms with Crippen molar-refractivity contribution in [2.75, 3.05) is 13.1 Å². The molecule has 0 spiro atoms. The molecular weight excluding hydrogens is 358 g/mol. The fourth-order valence-electron chi connectivity index (χ4n) is 2.92. The summed E-state index contributed by atoms with van der Waals surface area (Å²) in [7, 11) is 0. The van der Waals surface area contributed by atoms with E-state index in [4.69, 9.17) is 0 Å². The van der Waals surface area contributed by atoms with E-state index in [1.165, 1.54) is 11.3 Å². The summed E-state index contributed by atoms with van der Waals surface area (Å²) in [6.07, 6.45) is 0. The standard InChI is InChI=1S/C21H17N3O2S/c25-19(16-9-5-7-14-6-1-2-8-15(14)16)22-12-13-23-20(26)21-24-17-10-3-4-11-18(17)27-21/h1-11H,12-13H2,(H,22,25)(H,23,26). The van der Waals surface area contributed by atoms with Crippen LogP contribution in [0.15, 0.2) is 66.7 Å². The van der Waals surface area contributed by atoms with E-state index < -0.39 is 0 Å². The van der Waals surface area contributed by atoms with Crippen LogP contribution in [0.2, 0.25) is 0 Å². The fraction of sp³-hybridized carbons (Fsp3) is 0.0952. The average Bonchev–Trinajstić information content (AvgIpc) is 3.15. The highest BCUT2D eigenvalue weighted by molar-refractivity contribution is 7.20. The van der Waals surface area contributed by atoms with Gasteiger partial charge in [0.05, 0.1) is 10.2 Å². The zero-order chi connectivity index (χ0) is 18.6.